The summed E-state index contributed by atoms with van der Waals surface area (Å²) in [4.78, 5) is 0. The molecule has 0 amide bonds. The van der Waals surface area contributed by atoms with Gasteiger partial charge in [0.05, 0.1) is 0 Å². The van der Waals surface area contributed by atoms with E-state index in [4.69, 9.17) is 28.3 Å². The van der Waals surface area contributed by atoms with Gasteiger partial charge >= 0.3 is 0 Å². The van der Waals surface area contributed by atoms with Gasteiger partial charge in [-0.25, -0.2) is 0 Å². The topological polar surface area (TPSA) is 20.2 Å². The fraction of sp³-hybridized carbons (Fsp3) is 0.333. The third-order valence-electron chi connectivity index (χ3n) is 0.246. The van der Waals surface area contributed by atoms with E-state index in [2.05, 4.69) is 6.58 Å². The van der Waals surface area contributed by atoms with Crippen LogP contribution in [0.15, 0.2) is 12.7 Å². The first-order valence-electron chi connectivity index (χ1n) is 1.30. The summed E-state index contributed by atoms with van der Waals surface area (Å²) in [5, 5.41) is 8.24. The predicted molar refractivity (Wildman–Crippen MR) is 26.9 cm³/mol. The van der Waals surface area contributed by atoms with Gasteiger partial charge in [-0.3, -0.25) is 0 Å². The van der Waals surface area contributed by atoms with Gasteiger partial charge in [0.15, 0.2) is 0 Å². The van der Waals surface area contributed by atoms with Gasteiger partial charge in [-0.05, 0) is 6.08 Å². The summed E-state index contributed by atoms with van der Waals surface area (Å²) >= 11 is 9.84. The van der Waals surface area contributed by atoms with Crippen LogP contribution in [0.5, 0.6) is 0 Å². The summed E-state index contributed by atoms with van der Waals surface area (Å²) in [6, 6.07) is 0. The number of hydrogen-bond acceptors (Lipinski definition) is 1. The maximum Gasteiger partial charge on any atom is 0.234 e. The quantitative estimate of drug-likeness (QED) is 0.415. The van der Waals surface area contributed by atoms with Gasteiger partial charge in [-0.1, -0.05) is 29.8 Å². The Labute approximate surface area is 46.2 Å². The zero-order valence-electron chi connectivity index (χ0n) is 2.99. The summed E-state index contributed by atoms with van der Waals surface area (Å²) in [6.07, 6.45) is 1.02. The largest absolute Gasteiger partial charge is 0.359 e. The number of rotatable bonds is 1. The zero-order chi connectivity index (χ0) is 5.21. The zero-order valence-corrected chi connectivity index (χ0v) is 4.50. The third-order valence-corrected chi connectivity index (χ3v) is 0.554. The standard InChI is InChI=1S/C3H4Cl2O/c1-2-3(4,5)6/h2,6H,1H2. The summed E-state index contributed by atoms with van der Waals surface area (Å²) < 4.78 is -1.75. The maximum absolute atomic E-state index is 8.24. The molecule has 0 atom stereocenters. The molecule has 0 aliphatic heterocycles. The van der Waals surface area contributed by atoms with Gasteiger partial charge < -0.3 is 5.11 Å². The van der Waals surface area contributed by atoms with E-state index in [-0.39, 0.29) is 0 Å². The van der Waals surface area contributed by atoms with Crippen molar-refractivity contribution in [1.29, 1.82) is 0 Å². The summed E-state index contributed by atoms with van der Waals surface area (Å²) in [7, 11) is 0. The van der Waals surface area contributed by atoms with Crippen LogP contribution in [0.1, 0.15) is 0 Å². The van der Waals surface area contributed by atoms with Crippen molar-refractivity contribution in [3.8, 4) is 0 Å². The maximum atomic E-state index is 8.24. The van der Waals surface area contributed by atoms with E-state index in [0.29, 0.717) is 0 Å². The normalized spacial score (nSPS) is 11.2. The van der Waals surface area contributed by atoms with E-state index in [1.54, 1.807) is 0 Å². The van der Waals surface area contributed by atoms with E-state index in [0.717, 1.165) is 6.08 Å². The van der Waals surface area contributed by atoms with Crippen LogP contribution in [0.4, 0.5) is 0 Å². The first-order valence-corrected chi connectivity index (χ1v) is 2.05. The van der Waals surface area contributed by atoms with Crippen molar-refractivity contribution in [3.05, 3.63) is 12.7 Å². The van der Waals surface area contributed by atoms with E-state index in [1.807, 2.05) is 0 Å². The van der Waals surface area contributed by atoms with Crippen LogP contribution in [0.3, 0.4) is 0 Å². The van der Waals surface area contributed by atoms with Crippen molar-refractivity contribution >= 4 is 23.2 Å². The van der Waals surface area contributed by atoms with Crippen molar-refractivity contribution in [1.82, 2.24) is 0 Å². The average Bonchev–Trinajstić information content (AvgIpc) is 1.35. The second-order valence-corrected chi connectivity index (χ2v) is 2.14. The predicted octanol–water partition coefficient (Wildman–Crippen LogP) is 1.30. The lowest BCUT2D eigenvalue weighted by Gasteiger charge is -2.00. The Hall–Kier alpha value is 0.280. The summed E-state index contributed by atoms with van der Waals surface area (Å²) in [5.41, 5.74) is 0. The van der Waals surface area contributed by atoms with Crippen LogP contribution in [-0.4, -0.2) is 9.63 Å². The average molecular weight is 127 g/mol. The molecule has 0 saturated carbocycles. The minimum Gasteiger partial charge on any atom is -0.359 e. The molecular weight excluding hydrogens is 123 g/mol. The molecule has 0 radical (unpaired) electrons. The van der Waals surface area contributed by atoms with Gasteiger partial charge in [0.2, 0.25) is 4.52 Å². The fourth-order valence-electron chi connectivity index (χ4n) is 0. The number of aliphatic hydroxyl groups is 1. The first kappa shape index (κ1) is 6.28. The van der Waals surface area contributed by atoms with Gasteiger partial charge in [0.25, 0.3) is 0 Å². The molecule has 0 aromatic carbocycles. The molecule has 1 nitrogen and oxygen atoms in total. The van der Waals surface area contributed by atoms with Crippen molar-refractivity contribution in [2.24, 2.45) is 0 Å². The van der Waals surface area contributed by atoms with Gasteiger partial charge in [-0.15, -0.1) is 0 Å². The molecule has 0 aromatic heterocycles. The van der Waals surface area contributed by atoms with Crippen LogP contribution in [-0.2, 0) is 0 Å². The van der Waals surface area contributed by atoms with Gasteiger partial charge in [-0.2, -0.15) is 0 Å². The van der Waals surface area contributed by atoms with Crippen molar-refractivity contribution in [2.45, 2.75) is 4.52 Å². The Morgan fingerprint density at radius 1 is 1.67 bits per heavy atom. The third kappa shape index (κ3) is 4.28. The van der Waals surface area contributed by atoms with E-state index < -0.39 is 4.52 Å². The highest BCUT2D eigenvalue weighted by Gasteiger charge is 2.10. The molecule has 36 valence electrons. The molecule has 0 saturated heterocycles. The number of hydrogen-bond donors (Lipinski definition) is 1. The summed E-state index contributed by atoms with van der Waals surface area (Å²) in [5.74, 6) is 0. The lowest BCUT2D eigenvalue weighted by atomic mass is 10.7. The highest BCUT2D eigenvalue weighted by atomic mass is 35.5. The minimum absolute atomic E-state index is 1.02. The summed E-state index contributed by atoms with van der Waals surface area (Å²) in [6.45, 7) is 3.12. The number of halogens is 2. The lowest BCUT2D eigenvalue weighted by molar-refractivity contribution is 0.265. The molecule has 0 aliphatic rings. The molecule has 3 heteroatoms. The molecule has 0 unspecified atom stereocenters. The van der Waals surface area contributed by atoms with E-state index in [9.17, 15) is 0 Å². The molecular formula is C3H4Cl2O. The Balaban J connectivity index is 3.45. The SMILES string of the molecule is C=CC(O)(Cl)Cl. The molecule has 0 spiro atoms. The Kier molecular flexibility index (Phi) is 1.91. The molecule has 0 heterocycles. The molecule has 0 aromatic rings. The molecule has 6 heavy (non-hydrogen) atoms. The van der Waals surface area contributed by atoms with Crippen molar-refractivity contribution in [2.75, 3.05) is 0 Å². The molecule has 0 aliphatic carbocycles. The Bertz CT molecular complexity index is 54.3. The highest BCUT2D eigenvalue weighted by molar-refractivity contribution is 6.48. The van der Waals surface area contributed by atoms with Crippen LogP contribution in [0, 0.1) is 0 Å². The molecule has 0 rings (SSSR count). The minimum atomic E-state index is -1.75. The first-order chi connectivity index (χ1) is 2.56. The Morgan fingerprint density at radius 3 is 1.83 bits per heavy atom. The van der Waals surface area contributed by atoms with Gasteiger partial charge in [0.1, 0.15) is 0 Å². The number of alkyl halides is 2. The smallest absolute Gasteiger partial charge is 0.234 e. The van der Waals surface area contributed by atoms with Crippen molar-refractivity contribution < 1.29 is 5.11 Å². The van der Waals surface area contributed by atoms with E-state index in [1.165, 1.54) is 0 Å². The monoisotopic (exact) mass is 126 g/mol. The van der Waals surface area contributed by atoms with Crippen LogP contribution in [0.25, 0.3) is 0 Å². The van der Waals surface area contributed by atoms with Crippen molar-refractivity contribution in [3.63, 3.8) is 0 Å². The van der Waals surface area contributed by atoms with Crippen LogP contribution in [0.2, 0.25) is 0 Å². The lowest BCUT2D eigenvalue weighted by Crippen LogP contribution is -2.03. The molecule has 0 fully saturated rings. The second kappa shape index (κ2) is 1.82. The van der Waals surface area contributed by atoms with E-state index >= 15 is 0 Å². The molecule has 0 bridgehead atoms. The second-order valence-electron chi connectivity index (χ2n) is 0.792. The van der Waals surface area contributed by atoms with Gasteiger partial charge in [0, 0.05) is 0 Å². The molecule has 1 N–H and O–H groups in total. The fourth-order valence-corrected chi connectivity index (χ4v) is 0. The van der Waals surface area contributed by atoms with Crippen LogP contribution >= 0.6 is 23.2 Å². The van der Waals surface area contributed by atoms with Crippen LogP contribution < -0.4 is 0 Å². The Morgan fingerprint density at radius 2 is 1.83 bits per heavy atom. The highest BCUT2D eigenvalue weighted by Crippen LogP contribution is 2.15.